The van der Waals surface area contributed by atoms with Crippen LogP contribution in [0.5, 0.6) is 5.75 Å². The van der Waals surface area contributed by atoms with Gasteiger partial charge in [-0.25, -0.2) is 23.1 Å². The Labute approximate surface area is 264 Å². The van der Waals surface area contributed by atoms with E-state index < -0.39 is 36.4 Å². The summed E-state index contributed by atoms with van der Waals surface area (Å²) in [7, 11) is 0. The number of piperidine rings is 1. The van der Waals surface area contributed by atoms with Crippen LogP contribution in [0.25, 0.3) is 11.3 Å². The number of piperazine rings is 1. The van der Waals surface area contributed by atoms with Crippen molar-refractivity contribution < 1.29 is 32.5 Å². The largest absolute Gasteiger partial charge is 0.483 e. The standard InChI is InChI=1S/C32H34F3N7O4/c1-20(43)30(44)42-9-8-28(32(34,35)19-42)46-27-7-2-21(14-22(27)15-36)29-26(33)16-37-31(39-29)38-23-3-5-24(6-4-23)40-10-12-41(13-11-40)25-17-45-18-25/h2-7,14,16,20,25,28,43H,8-13,17-19H2,1H3,(H,37,38,39). The highest BCUT2D eigenvalue weighted by molar-refractivity contribution is 5.80. The molecule has 3 aliphatic rings. The Morgan fingerprint density at radius 1 is 1.15 bits per heavy atom. The van der Waals surface area contributed by atoms with E-state index >= 15 is 0 Å². The maximum Gasteiger partial charge on any atom is 0.301 e. The van der Waals surface area contributed by atoms with E-state index in [1.54, 1.807) is 0 Å². The molecule has 3 saturated heterocycles. The molecule has 0 bridgehead atoms. The molecule has 3 aliphatic heterocycles. The van der Waals surface area contributed by atoms with Crippen LogP contribution in [0.2, 0.25) is 0 Å². The quantitative estimate of drug-likeness (QED) is 0.380. The second kappa shape index (κ2) is 13.1. The SMILES string of the molecule is CC(O)C(=O)N1CCC(Oc2ccc(-c3nc(Nc4ccc(N5CCN(C6COC6)CC5)cc4)ncc3F)cc2C#N)C(F)(F)C1. The van der Waals surface area contributed by atoms with Gasteiger partial charge in [-0.05, 0) is 49.4 Å². The number of likely N-dealkylation sites (tertiary alicyclic amines) is 1. The van der Waals surface area contributed by atoms with Crippen molar-refractivity contribution in [1.29, 1.82) is 5.26 Å². The third-order valence-corrected chi connectivity index (χ3v) is 8.53. The molecule has 3 aromatic rings. The van der Waals surface area contributed by atoms with Crippen LogP contribution in [0, 0.1) is 17.1 Å². The van der Waals surface area contributed by atoms with Gasteiger partial charge in [0.2, 0.25) is 5.95 Å². The van der Waals surface area contributed by atoms with E-state index in [-0.39, 0.29) is 41.5 Å². The van der Waals surface area contributed by atoms with Crippen LogP contribution in [0.3, 0.4) is 0 Å². The maximum atomic E-state index is 14.9. The topological polar surface area (TPSA) is 127 Å². The summed E-state index contributed by atoms with van der Waals surface area (Å²) in [5.74, 6) is -4.91. The highest BCUT2D eigenvalue weighted by Crippen LogP contribution is 2.34. The molecule has 2 unspecified atom stereocenters. The fourth-order valence-corrected chi connectivity index (χ4v) is 5.83. The molecule has 0 spiro atoms. The number of amides is 1. The van der Waals surface area contributed by atoms with Gasteiger partial charge in [0.1, 0.15) is 23.6 Å². The van der Waals surface area contributed by atoms with Crippen molar-refractivity contribution in [3.8, 4) is 23.1 Å². The fraction of sp³-hybridized carbons (Fsp3) is 0.438. The van der Waals surface area contributed by atoms with Gasteiger partial charge in [0.25, 0.3) is 5.91 Å². The number of halogens is 3. The average Bonchev–Trinajstić information content (AvgIpc) is 3.02. The predicted octanol–water partition coefficient (Wildman–Crippen LogP) is 3.41. The first-order valence-electron chi connectivity index (χ1n) is 15.1. The Kier molecular flexibility index (Phi) is 8.99. The first-order valence-corrected chi connectivity index (χ1v) is 15.1. The highest BCUT2D eigenvalue weighted by atomic mass is 19.3. The molecule has 11 nitrogen and oxygen atoms in total. The Morgan fingerprint density at radius 2 is 1.89 bits per heavy atom. The predicted molar refractivity (Wildman–Crippen MR) is 162 cm³/mol. The fourth-order valence-electron chi connectivity index (χ4n) is 5.83. The number of hydrogen-bond acceptors (Lipinski definition) is 10. The number of carbonyl (C=O) groups is 1. The summed E-state index contributed by atoms with van der Waals surface area (Å²) < 4.78 is 55.5. The van der Waals surface area contributed by atoms with Gasteiger partial charge in [-0.1, -0.05) is 0 Å². The maximum absolute atomic E-state index is 14.9. The number of aliphatic hydroxyl groups is 1. The third-order valence-electron chi connectivity index (χ3n) is 8.53. The van der Waals surface area contributed by atoms with Gasteiger partial charge in [0, 0.05) is 56.1 Å². The van der Waals surface area contributed by atoms with Crippen molar-refractivity contribution in [2.45, 2.75) is 37.5 Å². The van der Waals surface area contributed by atoms with Gasteiger partial charge in [-0.15, -0.1) is 0 Å². The van der Waals surface area contributed by atoms with E-state index in [0.29, 0.717) is 11.7 Å². The minimum absolute atomic E-state index is 0.0395. The summed E-state index contributed by atoms with van der Waals surface area (Å²) in [5.41, 5.74) is 1.87. The second-order valence-corrected chi connectivity index (χ2v) is 11.7. The molecule has 0 aliphatic carbocycles. The van der Waals surface area contributed by atoms with Crippen molar-refractivity contribution >= 4 is 23.2 Å². The number of benzene rings is 2. The molecule has 6 rings (SSSR count). The third kappa shape index (κ3) is 6.72. The van der Waals surface area contributed by atoms with Gasteiger partial charge < -0.3 is 29.7 Å². The van der Waals surface area contributed by atoms with E-state index in [9.17, 15) is 28.3 Å². The average molecular weight is 638 g/mol. The number of anilines is 3. The van der Waals surface area contributed by atoms with E-state index in [1.165, 1.54) is 25.1 Å². The zero-order valence-corrected chi connectivity index (χ0v) is 25.2. The lowest BCUT2D eigenvalue weighted by molar-refractivity contribution is -0.165. The molecular formula is C32H34F3N7O4. The second-order valence-electron chi connectivity index (χ2n) is 11.7. The van der Waals surface area contributed by atoms with Crippen LogP contribution < -0.4 is 15.0 Å². The lowest BCUT2D eigenvalue weighted by Crippen LogP contribution is -2.56. The summed E-state index contributed by atoms with van der Waals surface area (Å²) in [6.07, 6.45) is -2.19. The number of ether oxygens (including phenoxy) is 2. The summed E-state index contributed by atoms with van der Waals surface area (Å²) in [6.45, 7) is 5.71. The molecule has 2 N–H and O–H groups in total. The van der Waals surface area contributed by atoms with Crippen molar-refractivity contribution in [1.82, 2.24) is 19.8 Å². The Bertz CT molecular complexity index is 1610. The monoisotopic (exact) mass is 637 g/mol. The first kappa shape index (κ1) is 31.5. The normalized spacial score (nSPS) is 20.8. The molecule has 0 saturated carbocycles. The van der Waals surface area contributed by atoms with Crippen molar-refractivity contribution in [2.75, 3.05) is 62.7 Å². The molecular weight excluding hydrogens is 603 g/mol. The molecule has 2 aromatic carbocycles. The van der Waals surface area contributed by atoms with Crippen LogP contribution in [-0.2, 0) is 9.53 Å². The zero-order chi connectivity index (χ0) is 32.4. The van der Waals surface area contributed by atoms with Crippen molar-refractivity contribution in [2.24, 2.45) is 0 Å². The van der Waals surface area contributed by atoms with Gasteiger partial charge in [-0.2, -0.15) is 5.26 Å². The Morgan fingerprint density at radius 3 is 2.52 bits per heavy atom. The minimum atomic E-state index is -3.42. The van der Waals surface area contributed by atoms with Gasteiger partial charge in [0.15, 0.2) is 11.9 Å². The van der Waals surface area contributed by atoms with E-state index in [4.69, 9.17) is 9.47 Å². The van der Waals surface area contributed by atoms with Crippen molar-refractivity contribution in [3.05, 3.63) is 60.0 Å². The van der Waals surface area contributed by atoms with Crippen LogP contribution in [0.15, 0.2) is 48.7 Å². The highest BCUT2D eigenvalue weighted by Gasteiger charge is 2.48. The number of rotatable bonds is 8. The molecule has 2 atom stereocenters. The van der Waals surface area contributed by atoms with Crippen LogP contribution >= 0.6 is 0 Å². The van der Waals surface area contributed by atoms with Crippen LogP contribution in [0.1, 0.15) is 18.9 Å². The molecule has 14 heteroatoms. The van der Waals surface area contributed by atoms with E-state index in [1.807, 2.05) is 30.3 Å². The molecule has 1 amide bonds. The lowest BCUT2D eigenvalue weighted by atomic mass is 10.0. The molecule has 3 fully saturated rings. The van der Waals surface area contributed by atoms with Crippen LogP contribution in [-0.4, -0.2) is 107 Å². The molecule has 1 aromatic heterocycles. The van der Waals surface area contributed by atoms with Gasteiger partial charge in [-0.3, -0.25) is 9.69 Å². The summed E-state index contributed by atoms with van der Waals surface area (Å²) >= 11 is 0. The van der Waals surface area contributed by atoms with Crippen LogP contribution in [0.4, 0.5) is 30.5 Å². The number of aliphatic hydroxyl groups excluding tert-OH is 1. The van der Waals surface area contributed by atoms with E-state index in [2.05, 4.69) is 25.1 Å². The molecule has 0 radical (unpaired) electrons. The number of carbonyl (C=O) groups excluding carboxylic acids is 1. The smallest absolute Gasteiger partial charge is 0.301 e. The Hall–Kier alpha value is -4.45. The molecule has 4 heterocycles. The summed E-state index contributed by atoms with van der Waals surface area (Å²) in [5, 5.41) is 22.3. The summed E-state index contributed by atoms with van der Waals surface area (Å²) in [6, 6.07) is 14.3. The van der Waals surface area contributed by atoms with Crippen molar-refractivity contribution in [3.63, 3.8) is 0 Å². The number of alkyl halides is 2. The molecule has 242 valence electrons. The Balaban J connectivity index is 1.11. The number of hydrogen-bond donors (Lipinski definition) is 2. The zero-order valence-electron chi connectivity index (χ0n) is 25.2. The number of nitrogens with zero attached hydrogens (tertiary/aromatic N) is 6. The number of nitrogens with one attached hydrogen (secondary N) is 1. The lowest BCUT2D eigenvalue weighted by Gasteiger charge is -2.43. The first-order chi connectivity index (χ1) is 22.1. The number of nitriles is 1. The summed E-state index contributed by atoms with van der Waals surface area (Å²) in [4.78, 5) is 26.1. The number of aromatic nitrogens is 2. The van der Waals surface area contributed by atoms with Gasteiger partial charge >= 0.3 is 5.92 Å². The minimum Gasteiger partial charge on any atom is -0.483 e. The molecule has 46 heavy (non-hydrogen) atoms. The van der Waals surface area contributed by atoms with E-state index in [0.717, 1.165) is 56.2 Å². The van der Waals surface area contributed by atoms with Gasteiger partial charge in [0.05, 0.1) is 37.6 Å².